The number of hydrogen-bond donors (Lipinski definition) is 0. The number of ether oxygens (including phenoxy) is 1. The molecule has 0 N–H and O–H groups in total. The molecule has 2 aromatic carbocycles. The van der Waals surface area contributed by atoms with Crippen LogP contribution in [0.5, 0.6) is 0 Å². The SMILES string of the molecule is CN(C(=O)COC(=O)c1cc(-c2ccccc2Cl)nc2ccccc12)C1CCCCC1. The summed E-state index contributed by atoms with van der Waals surface area (Å²) in [6, 6.07) is 16.6. The van der Waals surface area contributed by atoms with Gasteiger partial charge in [0.05, 0.1) is 16.8 Å². The third-order valence-electron chi connectivity index (χ3n) is 5.93. The average molecular weight is 437 g/mol. The van der Waals surface area contributed by atoms with Crippen LogP contribution < -0.4 is 0 Å². The van der Waals surface area contributed by atoms with Gasteiger partial charge >= 0.3 is 5.97 Å². The lowest BCUT2D eigenvalue weighted by atomic mass is 9.94. The molecule has 0 unspecified atom stereocenters. The van der Waals surface area contributed by atoms with Crippen LogP contribution in [0.4, 0.5) is 0 Å². The van der Waals surface area contributed by atoms with E-state index in [9.17, 15) is 9.59 Å². The van der Waals surface area contributed by atoms with Gasteiger partial charge in [0.15, 0.2) is 6.61 Å². The summed E-state index contributed by atoms with van der Waals surface area (Å²) >= 11 is 6.35. The molecular weight excluding hydrogens is 412 g/mol. The van der Waals surface area contributed by atoms with Gasteiger partial charge < -0.3 is 9.64 Å². The molecule has 5 nitrogen and oxygen atoms in total. The van der Waals surface area contributed by atoms with E-state index in [1.807, 2.05) is 42.5 Å². The molecule has 3 aromatic rings. The molecule has 4 rings (SSSR count). The van der Waals surface area contributed by atoms with Gasteiger partial charge in [-0.2, -0.15) is 0 Å². The lowest BCUT2D eigenvalue weighted by Crippen LogP contribution is -2.40. The summed E-state index contributed by atoms with van der Waals surface area (Å²) in [5.41, 5.74) is 2.35. The largest absolute Gasteiger partial charge is 0.452 e. The number of carbonyl (C=O) groups excluding carboxylic acids is 2. The highest BCUT2D eigenvalue weighted by Gasteiger charge is 2.24. The summed E-state index contributed by atoms with van der Waals surface area (Å²) in [6.45, 7) is -0.274. The van der Waals surface area contributed by atoms with E-state index in [-0.39, 0.29) is 18.6 Å². The van der Waals surface area contributed by atoms with E-state index in [0.717, 1.165) is 31.2 Å². The second kappa shape index (κ2) is 9.48. The number of benzene rings is 2. The molecule has 31 heavy (non-hydrogen) atoms. The average Bonchev–Trinajstić information content (AvgIpc) is 2.82. The fourth-order valence-corrected chi connectivity index (χ4v) is 4.36. The van der Waals surface area contributed by atoms with Crippen LogP contribution in [0.3, 0.4) is 0 Å². The number of esters is 1. The Balaban J connectivity index is 1.57. The summed E-state index contributed by atoms with van der Waals surface area (Å²) in [7, 11) is 1.80. The van der Waals surface area contributed by atoms with Crippen molar-refractivity contribution in [3.63, 3.8) is 0 Å². The van der Waals surface area contributed by atoms with Crippen molar-refractivity contribution in [2.45, 2.75) is 38.1 Å². The quantitative estimate of drug-likeness (QED) is 0.495. The first-order valence-electron chi connectivity index (χ1n) is 10.6. The lowest BCUT2D eigenvalue weighted by molar-refractivity contribution is -0.135. The topological polar surface area (TPSA) is 59.5 Å². The zero-order valence-electron chi connectivity index (χ0n) is 17.5. The highest BCUT2D eigenvalue weighted by Crippen LogP contribution is 2.30. The molecule has 6 heteroatoms. The van der Waals surface area contributed by atoms with Gasteiger partial charge in [-0.3, -0.25) is 4.79 Å². The van der Waals surface area contributed by atoms with E-state index < -0.39 is 5.97 Å². The van der Waals surface area contributed by atoms with Crippen LogP contribution in [0.1, 0.15) is 42.5 Å². The highest BCUT2D eigenvalue weighted by atomic mass is 35.5. The monoisotopic (exact) mass is 436 g/mol. The first-order valence-corrected chi connectivity index (χ1v) is 11.0. The molecule has 0 atom stereocenters. The Kier molecular flexibility index (Phi) is 6.52. The summed E-state index contributed by atoms with van der Waals surface area (Å²) in [4.78, 5) is 32.0. The van der Waals surface area contributed by atoms with E-state index in [2.05, 4.69) is 4.98 Å². The van der Waals surface area contributed by atoms with Gasteiger partial charge in [0, 0.05) is 29.1 Å². The van der Waals surface area contributed by atoms with Crippen molar-refractivity contribution >= 4 is 34.4 Å². The number of hydrogen-bond acceptors (Lipinski definition) is 4. The smallest absolute Gasteiger partial charge is 0.339 e. The van der Waals surface area contributed by atoms with Crippen molar-refractivity contribution in [2.24, 2.45) is 0 Å². The minimum absolute atomic E-state index is 0.176. The minimum Gasteiger partial charge on any atom is -0.452 e. The molecule has 1 aromatic heterocycles. The van der Waals surface area contributed by atoms with E-state index in [0.29, 0.717) is 27.2 Å². The number of aromatic nitrogens is 1. The van der Waals surface area contributed by atoms with E-state index >= 15 is 0 Å². The number of fused-ring (bicyclic) bond motifs is 1. The molecular formula is C25H25ClN2O3. The number of rotatable bonds is 5. The van der Waals surface area contributed by atoms with E-state index in [1.165, 1.54) is 6.42 Å². The predicted octanol–water partition coefficient (Wildman–Crippen LogP) is 5.50. The van der Waals surface area contributed by atoms with Crippen LogP contribution in [0.25, 0.3) is 22.2 Å². The fourth-order valence-electron chi connectivity index (χ4n) is 4.13. The second-order valence-electron chi connectivity index (χ2n) is 7.92. The third-order valence-corrected chi connectivity index (χ3v) is 6.26. The Hall–Kier alpha value is -2.92. The van der Waals surface area contributed by atoms with Crippen molar-refractivity contribution in [3.05, 3.63) is 65.2 Å². The van der Waals surface area contributed by atoms with Crippen LogP contribution in [-0.4, -0.2) is 41.5 Å². The van der Waals surface area contributed by atoms with Crippen molar-refractivity contribution < 1.29 is 14.3 Å². The Labute approximate surface area is 187 Å². The van der Waals surface area contributed by atoms with Gasteiger partial charge in [0.1, 0.15) is 0 Å². The van der Waals surface area contributed by atoms with Gasteiger partial charge in [0.2, 0.25) is 0 Å². The van der Waals surface area contributed by atoms with Crippen LogP contribution in [0, 0.1) is 0 Å². The molecule has 0 radical (unpaired) electrons. The standard InChI is InChI=1S/C25H25ClN2O3/c1-28(17-9-3-2-4-10-17)24(29)16-31-25(30)20-15-23(19-12-5-7-13-21(19)26)27-22-14-8-6-11-18(20)22/h5-8,11-15,17H,2-4,9-10,16H2,1H3. The maximum Gasteiger partial charge on any atom is 0.339 e. The number of likely N-dealkylation sites (N-methyl/N-ethyl adjacent to an activating group) is 1. The highest BCUT2D eigenvalue weighted by molar-refractivity contribution is 6.33. The van der Waals surface area contributed by atoms with Crippen molar-refractivity contribution in [2.75, 3.05) is 13.7 Å². The lowest BCUT2D eigenvalue weighted by Gasteiger charge is -2.31. The van der Waals surface area contributed by atoms with Crippen molar-refractivity contribution in [1.82, 2.24) is 9.88 Å². The number of amides is 1. The maximum absolute atomic E-state index is 13.0. The normalized spacial score (nSPS) is 14.4. The molecule has 0 saturated heterocycles. The van der Waals surface area contributed by atoms with Gasteiger partial charge in [-0.05, 0) is 31.0 Å². The number of nitrogens with zero attached hydrogens (tertiary/aromatic N) is 2. The summed E-state index contributed by atoms with van der Waals surface area (Å²) in [6.07, 6.45) is 5.50. The van der Waals surface area contributed by atoms with E-state index in [1.54, 1.807) is 24.1 Å². The van der Waals surface area contributed by atoms with Crippen LogP contribution >= 0.6 is 11.6 Å². The number of pyridine rings is 1. The molecule has 0 aliphatic heterocycles. The molecule has 1 heterocycles. The summed E-state index contributed by atoms with van der Waals surface area (Å²) < 4.78 is 5.44. The molecule has 160 valence electrons. The Morgan fingerprint density at radius 1 is 1.06 bits per heavy atom. The summed E-state index contributed by atoms with van der Waals surface area (Å²) in [5.74, 6) is -0.720. The molecule has 0 spiro atoms. The fraction of sp³-hybridized carbons (Fsp3) is 0.320. The Bertz CT molecular complexity index is 1110. The zero-order chi connectivity index (χ0) is 21.8. The molecule has 1 aliphatic carbocycles. The number of carbonyl (C=O) groups is 2. The molecule has 1 saturated carbocycles. The van der Waals surface area contributed by atoms with Crippen molar-refractivity contribution in [1.29, 1.82) is 0 Å². The van der Waals surface area contributed by atoms with Gasteiger partial charge in [-0.25, -0.2) is 9.78 Å². The van der Waals surface area contributed by atoms with Crippen LogP contribution in [-0.2, 0) is 9.53 Å². The van der Waals surface area contributed by atoms with Crippen LogP contribution in [0.15, 0.2) is 54.6 Å². The molecule has 0 bridgehead atoms. The van der Waals surface area contributed by atoms with Gasteiger partial charge in [0.25, 0.3) is 5.91 Å². The van der Waals surface area contributed by atoms with Gasteiger partial charge in [-0.1, -0.05) is 67.3 Å². The van der Waals surface area contributed by atoms with Crippen LogP contribution in [0.2, 0.25) is 5.02 Å². The zero-order valence-corrected chi connectivity index (χ0v) is 18.3. The molecule has 1 amide bonds. The summed E-state index contributed by atoms with van der Waals surface area (Å²) in [5, 5.41) is 1.23. The first kappa shape index (κ1) is 21.3. The number of halogens is 1. The van der Waals surface area contributed by atoms with E-state index in [4.69, 9.17) is 16.3 Å². The Morgan fingerprint density at radius 2 is 1.77 bits per heavy atom. The maximum atomic E-state index is 13.0. The Morgan fingerprint density at radius 3 is 2.55 bits per heavy atom. The molecule has 1 fully saturated rings. The second-order valence-corrected chi connectivity index (χ2v) is 8.33. The van der Waals surface area contributed by atoms with Crippen molar-refractivity contribution in [3.8, 4) is 11.3 Å². The predicted molar refractivity (Wildman–Crippen MR) is 122 cm³/mol. The number of para-hydroxylation sites is 1. The first-order chi connectivity index (χ1) is 15.0. The minimum atomic E-state index is -0.544. The van der Waals surface area contributed by atoms with Gasteiger partial charge in [-0.15, -0.1) is 0 Å². The third kappa shape index (κ3) is 4.72. The molecule has 1 aliphatic rings.